The molecule has 0 radical (unpaired) electrons. The van der Waals surface area contributed by atoms with Crippen LogP contribution in [0.5, 0.6) is 0 Å². The lowest BCUT2D eigenvalue weighted by molar-refractivity contribution is -0.158. The van der Waals surface area contributed by atoms with Crippen LogP contribution in [0.25, 0.3) is 0 Å². The van der Waals surface area contributed by atoms with Crippen LogP contribution in [-0.4, -0.2) is 46.8 Å². The number of nitrogens with zero attached hydrogens (tertiary/aromatic N) is 2. The summed E-state index contributed by atoms with van der Waals surface area (Å²) in [6.07, 6.45) is 4.49. The molecule has 1 aromatic rings. The van der Waals surface area contributed by atoms with Crippen molar-refractivity contribution in [3.05, 3.63) is 30.1 Å². The van der Waals surface area contributed by atoms with Gasteiger partial charge in [-0.15, -0.1) is 0 Å². The first-order valence-electron chi connectivity index (χ1n) is 8.60. The Morgan fingerprint density at radius 1 is 1.24 bits per heavy atom. The van der Waals surface area contributed by atoms with Crippen molar-refractivity contribution in [3.63, 3.8) is 0 Å². The molecule has 0 bridgehead atoms. The summed E-state index contributed by atoms with van der Waals surface area (Å²) < 4.78 is 5.42. The maximum absolute atomic E-state index is 12.4. The van der Waals surface area contributed by atoms with E-state index in [4.69, 9.17) is 9.57 Å². The molecule has 1 fully saturated rings. The Morgan fingerprint density at radius 3 is 2.56 bits per heavy atom. The lowest BCUT2D eigenvalue weighted by Gasteiger charge is -2.38. The van der Waals surface area contributed by atoms with E-state index in [9.17, 15) is 9.59 Å². The van der Waals surface area contributed by atoms with Gasteiger partial charge < -0.3 is 10.1 Å². The van der Waals surface area contributed by atoms with Gasteiger partial charge in [-0.25, -0.2) is 4.79 Å². The Kier molecular flexibility index (Phi) is 6.36. The van der Waals surface area contributed by atoms with E-state index < -0.39 is 11.7 Å². The molecule has 7 heteroatoms. The zero-order valence-corrected chi connectivity index (χ0v) is 15.3. The predicted octanol–water partition coefficient (Wildman–Crippen LogP) is 2.92. The van der Waals surface area contributed by atoms with Gasteiger partial charge in [0.25, 0.3) is 5.91 Å². The summed E-state index contributed by atoms with van der Waals surface area (Å²) in [5.41, 5.74) is -0.261. The fourth-order valence-corrected chi connectivity index (χ4v) is 2.95. The first-order chi connectivity index (χ1) is 11.8. The molecular formula is C18H27N3O4. The summed E-state index contributed by atoms with van der Waals surface area (Å²) >= 11 is 0. The molecule has 2 atom stereocenters. The number of hydroxylamine groups is 2. The molecule has 25 heavy (non-hydrogen) atoms. The number of ether oxygens (including phenoxy) is 1. The Hall–Kier alpha value is -2.15. The van der Waals surface area contributed by atoms with Gasteiger partial charge in [0.05, 0.1) is 19.2 Å². The van der Waals surface area contributed by atoms with E-state index in [-0.39, 0.29) is 18.0 Å². The molecule has 7 nitrogen and oxygen atoms in total. The molecule has 0 aliphatic heterocycles. The van der Waals surface area contributed by atoms with Crippen molar-refractivity contribution in [1.82, 2.24) is 15.4 Å². The summed E-state index contributed by atoms with van der Waals surface area (Å²) in [6.45, 7) is 5.42. The Bertz CT molecular complexity index is 586. The molecule has 1 N–H and O–H groups in total. The molecule has 0 saturated heterocycles. The van der Waals surface area contributed by atoms with Gasteiger partial charge in [0, 0.05) is 6.20 Å². The fraction of sp³-hybridized carbons (Fsp3) is 0.611. The molecule has 1 saturated carbocycles. The molecule has 1 heterocycles. The van der Waals surface area contributed by atoms with Crippen LogP contribution >= 0.6 is 0 Å². The summed E-state index contributed by atoms with van der Waals surface area (Å²) in [6, 6.07) is 4.70. The van der Waals surface area contributed by atoms with E-state index in [2.05, 4.69) is 10.3 Å². The minimum Gasteiger partial charge on any atom is -0.442 e. The predicted molar refractivity (Wildman–Crippen MR) is 92.8 cm³/mol. The smallest absolute Gasteiger partial charge is 0.434 e. The Labute approximate surface area is 148 Å². The van der Waals surface area contributed by atoms with E-state index in [1.54, 1.807) is 45.2 Å². The second kappa shape index (κ2) is 8.29. The van der Waals surface area contributed by atoms with Crippen LogP contribution in [0.3, 0.4) is 0 Å². The van der Waals surface area contributed by atoms with Crippen LogP contribution in [0.2, 0.25) is 0 Å². The molecule has 0 aromatic carbocycles. The van der Waals surface area contributed by atoms with Crippen molar-refractivity contribution in [2.45, 2.75) is 64.1 Å². The van der Waals surface area contributed by atoms with Gasteiger partial charge in [-0.3, -0.25) is 14.6 Å². The monoisotopic (exact) mass is 349 g/mol. The molecule has 0 unspecified atom stereocenters. The third-order valence-electron chi connectivity index (χ3n) is 4.01. The highest BCUT2D eigenvalue weighted by molar-refractivity contribution is 5.92. The molecule has 1 aliphatic carbocycles. The van der Waals surface area contributed by atoms with Gasteiger partial charge in [-0.2, -0.15) is 5.06 Å². The van der Waals surface area contributed by atoms with Crippen molar-refractivity contribution >= 4 is 12.0 Å². The van der Waals surface area contributed by atoms with Gasteiger partial charge in [0.2, 0.25) is 0 Å². The minimum absolute atomic E-state index is 0.212. The zero-order valence-electron chi connectivity index (χ0n) is 15.3. The topological polar surface area (TPSA) is 80.8 Å². The number of aromatic nitrogens is 1. The van der Waals surface area contributed by atoms with Crippen molar-refractivity contribution < 1.29 is 19.2 Å². The van der Waals surface area contributed by atoms with E-state index in [1.165, 1.54) is 12.2 Å². The SMILES string of the molecule is CON(C(=O)OC(C)(C)C)[C@@H]1CCCC[C@H]1NC(=O)c1ccccn1. The molecule has 2 amide bonds. The number of carbonyl (C=O) groups is 2. The van der Waals surface area contributed by atoms with E-state index >= 15 is 0 Å². The highest BCUT2D eigenvalue weighted by Gasteiger charge is 2.37. The standard InChI is InChI=1S/C18H27N3O4/c1-18(2,3)25-17(23)21(24-4)15-11-6-5-9-13(15)20-16(22)14-10-7-8-12-19-14/h7-8,10,12-13,15H,5-6,9,11H2,1-4H3,(H,20,22)/t13-,15-/m1/s1. The quantitative estimate of drug-likeness (QED) is 0.845. The molecule has 1 aromatic heterocycles. The summed E-state index contributed by atoms with van der Waals surface area (Å²) in [5.74, 6) is -0.252. The third kappa shape index (κ3) is 5.42. The Balaban J connectivity index is 2.10. The Morgan fingerprint density at radius 2 is 1.96 bits per heavy atom. The van der Waals surface area contributed by atoms with Gasteiger partial charge in [-0.1, -0.05) is 18.9 Å². The summed E-state index contributed by atoms with van der Waals surface area (Å²) in [4.78, 5) is 34.2. The van der Waals surface area contributed by atoms with Crippen molar-refractivity contribution in [1.29, 1.82) is 0 Å². The fourth-order valence-electron chi connectivity index (χ4n) is 2.95. The lowest BCUT2D eigenvalue weighted by atomic mass is 9.90. The molecule has 0 spiro atoms. The summed E-state index contributed by atoms with van der Waals surface area (Å²) in [5, 5.41) is 4.23. The molecule has 138 valence electrons. The zero-order chi connectivity index (χ0) is 18.4. The second-order valence-corrected chi connectivity index (χ2v) is 7.14. The van der Waals surface area contributed by atoms with Crippen LogP contribution < -0.4 is 5.32 Å². The van der Waals surface area contributed by atoms with E-state index in [1.807, 2.05) is 0 Å². The largest absolute Gasteiger partial charge is 0.442 e. The summed E-state index contributed by atoms with van der Waals surface area (Å²) in [7, 11) is 1.44. The molecule has 1 aliphatic rings. The van der Waals surface area contributed by atoms with Gasteiger partial charge in [0.15, 0.2) is 0 Å². The molecular weight excluding hydrogens is 322 g/mol. The number of amides is 2. The maximum atomic E-state index is 12.4. The van der Waals surface area contributed by atoms with Crippen molar-refractivity contribution in [2.75, 3.05) is 7.11 Å². The third-order valence-corrected chi connectivity index (χ3v) is 4.01. The van der Waals surface area contributed by atoms with Crippen molar-refractivity contribution in [2.24, 2.45) is 0 Å². The van der Waals surface area contributed by atoms with Crippen molar-refractivity contribution in [3.8, 4) is 0 Å². The number of hydrogen-bond donors (Lipinski definition) is 1. The second-order valence-electron chi connectivity index (χ2n) is 7.14. The highest BCUT2D eigenvalue weighted by atomic mass is 16.7. The first kappa shape index (κ1) is 19.2. The van der Waals surface area contributed by atoms with Gasteiger partial charge in [-0.05, 0) is 45.7 Å². The highest BCUT2D eigenvalue weighted by Crippen LogP contribution is 2.25. The average molecular weight is 349 g/mol. The van der Waals surface area contributed by atoms with Crippen LogP contribution in [0, 0.1) is 0 Å². The lowest BCUT2D eigenvalue weighted by Crippen LogP contribution is -2.55. The first-order valence-corrected chi connectivity index (χ1v) is 8.60. The van der Waals surface area contributed by atoms with Crippen LogP contribution in [-0.2, 0) is 9.57 Å². The van der Waals surface area contributed by atoms with Gasteiger partial charge in [0.1, 0.15) is 11.3 Å². The average Bonchev–Trinajstić information content (AvgIpc) is 2.56. The number of rotatable bonds is 4. The van der Waals surface area contributed by atoms with E-state index in [0.717, 1.165) is 25.7 Å². The van der Waals surface area contributed by atoms with Gasteiger partial charge >= 0.3 is 6.09 Å². The van der Waals surface area contributed by atoms with E-state index in [0.29, 0.717) is 5.69 Å². The normalized spacial score (nSPS) is 20.6. The van der Waals surface area contributed by atoms with Crippen LogP contribution in [0.15, 0.2) is 24.4 Å². The number of nitrogens with one attached hydrogen (secondary N) is 1. The maximum Gasteiger partial charge on any atom is 0.434 e. The molecule has 2 rings (SSSR count). The number of pyridine rings is 1. The van der Waals surface area contributed by atoms with Crippen LogP contribution in [0.1, 0.15) is 56.9 Å². The van der Waals surface area contributed by atoms with Crippen LogP contribution in [0.4, 0.5) is 4.79 Å². The number of hydrogen-bond acceptors (Lipinski definition) is 5. The minimum atomic E-state index is -0.616. The number of carbonyl (C=O) groups excluding carboxylic acids is 2.